The molecule has 12 heavy (non-hydrogen) atoms. The minimum Gasteiger partial charge on any atom is -0.372 e. The maximum atomic E-state index is 10.8. The molecule has 0 aromatic rings. The van der Waals surface area contributed by atoms with Crippen molar-refractivity contribution in [3.8, 4) is 11.8 Å². The molecule has 1 N–H and O–H groups in total. The summed E-state index contributed by atoms with van der Waals surface area (Å²) in [6.45, 7) is 2.71. The highest BCUT2D eigenvalue weighted by molar-refractivity contribution is 5.93. The van der Waals surface area contributed by atoms with Crippen LogP contribution in [0.25, 0.3) is 0 Å². The van der Waals surface area contributed by atoms with Crippen LogP contribution in [0, 0.1) is 11.8 Å². The van der Waals surface area contributed by atoms with Gasteiger partial charge >= 0.3 is 0 Å². The monoisotopic (exact) mass is 167 g/mol. The standard InChI is InChI=1S/C9H13NO2/c1-3-4-7-10-9(11)6-5-8-12-2/h3-4H,7-8H2,1-2H3,(H,10,11)/b4-3+. The molecule has 0 spiro atoms. The largest absolute Gasteiger partial charge is 0.372 e. The third kappa shape index (κ3) is 6.84. The van der Waals surface area contributed by atoms with Gasteiger partial charge in [0.1, 0.15) is 6.61 Å². The Balaban J connectivity index is 3.54. The van der Waals surface area contributed by atoms with Gasteiger partial charge in [0.25, 0.3) is 5.91 Å². The molecule has 0 radical (unpaired) electrons. The molecule has 0 aromatic carbocycles. The van der Waals surface area contributed by atoms with Gasteiger partial charge in [-0.25, -0.2) is 0 Å². The average molecular weight is 167 g/mol. The van der Waals surface area contributed by atoms with E-state index < -0.39 is 0 Å². The van der Waals surface area contributed by atoms with Crippen molar-refractivity contribution in [2.45, 2.75) is 6.92 Å². The molecule has 0 heterocycles. The van der Waals surface area contributed by atoms with Crippen LogP contribution in [0.3, 0.4) is 0 Å². The van der Waals surface area contributed by atoms with Crippen LogP contribution in [-0.4, -0.2) is 26.2 Å². The third-order valence-corrected chi connectivity index (χ3v) is 1.03. The summed E-state index contributed by atoms with van der Waals surface area (Å²) in [4.78, 5) is 10.8. The summed E-state index contributed by atoms with van der Waals surface area (Å²) in [5.41, 5.74) is 0. The molecule has 0 bridgehead atoms. The van der Waals surface area contributed by atoms with Gasteiger partial charge in [-0.1, -0.05) is 18.1 Å². The van der Waals surface area contributed by atoms with Gasteiger partial charge in [-0.2, -0.15) is 0 Å². The summed E-state index contributed by atoms with van der Waals surface area (Å²) in [6, 6.07) is 0. The Morgan fingerprint density at radius 3 is 3.00 bits per heavy atom. The van der Waals surface area contributed by atoms with Gasteiger partial charge in [0, 0.05) is 13.7 Å². The molecule has 0 unspecified atom stereocenters. The van der Waals surface area contributed by atoms with Crippen molar-refractivity contribution in [2.24, 2.45) is 0 Å². The van der Waals surface area contributed by atoms with Crippen LogP contribution < -0.4 is 5.32 Å². The van der Waals surface area contributed by atoms with Crippen molar-refractivity contribution in [1.29, 1.82) is 0 Å². The molecule has 66 valence electrons. The fraction of sp³-hybridized carbons (Fsp3) is 0.444. The van der Waals surface area contributed by atoms with Crippen LogP contribution in [0.1, 0.15) is 6.92 Å². The van der Waals surface area contributed by atoms with Gasteiger partial charge in [-0.15, -0.1) is 0 Å². The summed E-state index contributed by atoms with van der Waals surface area (Å²) >= 11 is 0. The number of allylic oxidation sites excluding steroid dienone is 1. The molecule has 0 rings (SSSR count). The molecule has 0 aliphatic carbocycles. The lowest BCUT2D eigenvalue weighted by molar-refractivity contribution is -0.115. The van der Waals surface area contributed by atoms with Crippen molar-refractivity contribution < 1.29 is 9.53 Å². The number of hydrogen-bond acceptors (Lipinski definition) is 2. The second-order valence-electron chi connectivity index (χ2n) is 2.01. The number of ether oxygens (including phenoxy) is 1. The molecule has 0 atom stereocenters. The molecule has 1 amide bonds. The number of methoxy groups -OCH3 is 1. The predicted octanol–water partition coefficient (Wildman–Crippen LogP) is 0.329. The molecule has 0 saturated heterocycles. The zero-order valence-electron chi connectivity index (χ0n) is 7.39. The Labute approximate surface area is 72.8 Å². The molecule has 0 saturated carbocycles. The number of rotatable bonds is 3. The van der Waals surface area contributed by atoms with Crippen LogP contribution >= 0.6 is 0 Å². The lowest BCUT2D eigenvalue weighted by Crippen LogP contribution is -2.21. The van der Waals surface area contributed by atoms with E-state index in [4.69, 9.17) is 0 Å². The summed E-state index contributed by atoms with van der Waals surface area (Å²) < 4.78 is 4.65. The first-order valence-corrected chi connectivity index (χ1v) is 3.68. The van der Waals surface area contributed by atoms with Gasteiger partial charge in [0.15, 0.2) is 0 Å². The van der Waals surface area contributed by atoms with E-state index in [2.05, 4.69) is 21.9 Å². The van der Waals surface area contributed by atoms with Crippen LogP contribution in [0.4, 0.5) is 0 Å². The van der Waals surface area contributed by atoms with Crippen molar-refractivity contribution in [2.75, 3.05) is 20.3 Å². The molecular formula is C9H13NO2. The third-order valence-electron chi connectivity index (χ3n) is 1.03. The van der Waals surface area contributed by atoms with E-state index in [-0.39, 0.29) is 12.5 Å². The predicted molar refractivity (Wildman–Crippen MR) is 47.5 cm³/mol. The zero-order chi connectivity index (χ0) is 9.23. The first-order valence-electron chi connectivity index (χ1n) is 3.68. The maximum absolute atomic E-state index is 10.8. The van der Waals surface area contributed by atoms with Crippen LogP contribution in [0.5, 0.6) is 0 Å². The number of nitrogens with one attached hydrogen (secondary N) is 1. The lowest BCUT2D eigenvalue weighted by atomic mass is 10.5. The van der Waals surface area contributed by atoms with E-state index in [0.717, 1.165) is 0 Å². The Morgan fingerprint density at radius 2 is 2.42 bits per heavy atom. The SMILES string of the molecule is C/C=C/CNC(=O)C#CCOC. The van der Waals surface area contributed by atoms with Crippen molar-refractivity contribution >= 4 is 5.91 Å². The molecule has 0 aliphatic rings. The second-order valence-corrected chi connectivity index (χ2v) is 2.01. The van der Waals surface area contributed by atoms with E-state index in [1.165, 1.54) is 7.11 Å². The lowest BCUT2D eigenvalue weighted by Gasteiger charge is -1.92. The smallest absolute Gasteiger partial charge is 0.296 e. The van der Waals surface area contributed by atoms with E-state index in [9.17, 15) is 4.79 Å². The van der Waals surface area contributed by atoms with E-state index in [1.807, 2.05) is 19.1 Å². The fourth-order valence-electron chi connectivity index (χ4n) is 0.502. The van der Waals surface area contributed by atoms with Gasteiger partial charge in [0.2, 0.25) is 0 Å². The summed E-state index contributed by atoms with van der Waals surface area (Å²) in [7, 11) is 1.53. The highest BCUT2D eigenvalue weighted by atomic mass is 16.5. The molecule has 0 aliphatic heterocycles. The molecule has 0 fully saturated rings. The number of carbonyl (C=O) groups is 1. The van der Waals surface area contributed by atoms with Crippen molar-refractivity contribution in [1.82, 2.24) is 5.32 Å². The molecule has 0 aromatic heterocycles. The van der Waals surface area contributed by atoms with E-state index in [0.29, 0.717) is 6.54 Å². The maximum Gasteiger partial charge on any atom is 0.296 e. The van der Waals surface area contributed by atoms with Gasteiger partial charge in [-0.05, 0) is 12.8 Å². The quantitative estimate of drug-likeness (QED) is 0.486. The first-order chi connectivity index (χ1) is 5.81. The number of hydrogen-bond donors (Lipinski definition) is 1. The summed E-state index contributed by atoms with van der Waals surface area (Å²) in [5.74, 6) is 4.66. The summed E-state index contributed by atoms with van der Waals surface area (Å²) in [5, 5.41) is 2.59. The minimum absolute atomic E-state index is 0.273. The topological polar surface area (TPSA) is 38.3 Å². The first kappa shape index (κ1) is 10.7. The summed E-state index contributed by atoms with van der Waals surface area (Å²) in [6.07, 6.45) is 3.71. The number of carbonyl (C=O) groups excluding carboxylic acids is 1. The Morgan fingerprint density at radius 1 is 1.67 bits per heavy atom. The van der Waals surface area contributed by atoms with Gasteiger partial charge in [-0.3, -0.25) is 4.79 Å². The average Bonchev–Trinajstić information content (AvgIpc) is 2.06. The molecule has 3 heteroatoms. The van der Waals surface area contributed by atoms with E-state index in [1.54, 1.807) is 0 Å². The molecular weight excluding hydrogens is 154 g/mol. The van der Waals surface area contributed by atoms with Crippen molar-refractivity contribution in [3.05, 3.63) is 12.2 Å². The Hall–Kier alpha value is -1.27. The Bertz CT molecular complexity index is 210. The zero-order valence-corrected chi connectivity index (χ0v) is 7.39. The van der Waals surface area contributed by atoms with E-state index >= 15 is 0 Å². The van der Waals surface area contributed by atoms with Crippen molar-refractivity contribution in [3.63, 3.8) is 0 Å². The highest BCUT2D eigenvalue weighted by Crippen LogP contribution is 1.68. The van der Waals surface area contributed by atoms with Crippen LogP contribution in [0.2, 0.25) is 0 Å². The Kier molecular flexibility index (Phi) is 7.00. The molecule has 3 nitrogen and oxygen atoms in total. The normalized spacial score (nSPS) is 9.17. The highest BCUT2D eigenvalue weighted by Gasteiger charge is 1.88. The van der Waals surface area contributed by atoms with Gasteiger partial charge < -0.3 is 10.1 Å². The second kappa shape index (κ2) is 7.83. The minimum atomic E-state index is -0.273. The number of amides is 1. The van der Waals surface area contributed by atoms with Crippen LogP contribution in [-0.2, 0) is 9.53 Å². The fourth-order valence-corrected chi connectivity index (χ4v) is 0.502. The van der Waals surface area contributed by atoms with Gasteiger partial charge in [0.05, 0.1) is 0 Å². The van der Waals surface area contributed by atoms with Crippen LogP contribution in [0.15, 0.2) is 12.2 Å².